The van der Waals surface area contributed by atoms with E-state index in [-0.39, 0.29) is 25.7 Å². The third kappa shape index (κ3) is 3.24. The molecule has 2 fully saturated rings. The molecular weight excluding hydrogens is 324 g/mol. The Balaban J connectivity index is 1.77. The first-order chi connectivity index (χ1) is 11.9. The third-order valence-corrected chi connectivity index (χ3v) is 5.00. The Bertz CT molecular complexity index is 717. The first-order valence-corrected chi connectivity index (χ1v) is 8.40. The number of carbonyl (C=O) groups excluding carboxylic acids is 2. The van der Waals surface area contributed by atoms with Crippen LogP contribution in [0.25, 0.3) is 0 Å². The first-order valence-electron chi connectivity index (χ1n) is 8.40. The molecule has 0 bridgehead atoms. The van der Waals surface area contributed by atoms with E-state index in [4.69, 9.17) is 4.74 Å². The summed E-state index contributed by atoms with van der Waals surface area (Å²) in [5.41, 5.74) is 3.00. The molecule has 2 aliphatic rings. The number of carboxylic acid groups (broad SMARTS) is 1. The van der Waals surface area contributed by atoms with Gasteiger partial charge in [0.25, 0.3) is 0 Å². The lowest BCUT2D eigenvalue weighted by molar-refractivity contribution is -0.161. The Hall–Kier alpha value is -2.41. The van der Waals surface area contributed by atoms with Crippen molar-refractivity contribution in [1.29, 1.82) is 0 Å². The predicted octanol–water partition coefficient (Wildman–Crippen LogP) is 0.968. The van der Waals surface area contributed by atoms with E-state index in [1.807, 2.05) is 32.0 Å². The quantitative estimate of drug-likeness (QED) is 0.824. The molecule has 2 heterocycles. The molecule has 7 heteroatoms. The van der Waals surface area contributed by atoms with Crippen LogP contribution in [-0.4, -0.2) is 60.1 Å². The van der Waals surface area contributed by atoms with Crippen molar-refractivity contribution in [3.63, 3.8) is 0 Å². The molecule has 0 unspecified atom stereocenters. The lowest BCUT2D eigenvalue weighted by Crippen LogP contribution is -2.55. The standard InChI is InChI=1S/C18H22N2O5/c1-11-3-4-13(9-12(11)2)19-6-5-14(16(19)21)17(22)20-7-8-25-10-15(20)18(23)24/h3-4,9,14-15H,5-8,10H2,1-2H3,(H,23,24)/t14-,15-/m0/s1. The number of anilines is 1. The number of hydrogen-bond donors (Lipinski definition) is 1. The van der Waals surface area contributed by atoms with Crippen molar-refractivity contribution in [2.24, 2.45) is 5.92 Å². The zero-order valence-corrected chi connectivity index (χ0v) is 14.4. The van der Waals surface area contributed by atoms with Gasteiger partial charge in [0.1, 0.15) is 5.92 Å². The van der Waals surface area contributed by atoms with Crippen LogP contribution in [0.5, 0.6) is 0 Å². The summed E-state index contributed by atoms with van der Waals surface area (Å²) in [5.74, 6) is -2.60. The fourth-order valence-electron chi connectivity index (χ4n) is 3.33. The van der Waals surface area contributed by atoms with E-state index in [1.54, 1.807) is 4.90 Å². The molecule has 25 heavy (non-hydrogen) atoms. The van der Waals surface area contributed by atoms with Crippen LogP contribution in [0.3, 0.4) is 0 Å². The van der Waals surface area contributed by atoms with Crippen molar-refractivity contribution in [2.45, 2.75) is 26.3 Å². The molecular formula is C18H22N2O5. The zero-order chi connectivity index (χ0) is 18.1. The van der Waals surface area contributed by atoms with Gasteiger partial charge in [0.15, 0.2) is 6.04 Å². The van der Waals surface area contributed by atoms with Crippen molar-refractivity contribution in [3.8, 4) is 0 Å². The average Bonchev–Trinajstić information content (AvgIpc) is 2.98. The molecule has 2 amide bonds. The molecule has 3 rings (SSSR count). The molecule has 0 aliphatic carbocycles. The van der Waals surface area contributed by atoms with E-state index in [1.165, 1.54) is 4.90 Å². The van der Waals surface area contributed by atoms with E-state index in [0.29, 0.717) is 13.0 Å². The van der Waals surface area contributed by atoms with Crippen LogP contribution in [-0.2, 0) is 19.1 Å². The van der Waals surface area contributed by atoms with Gasteiger partial charge in [-0.1, -0.05) is 6.07 Å². The molecule has 1 N–H and O–H groups in total. The summed E-state index contributed by atoms with van der Waals surface area (Å²) in [6, 6.07) is 4.75. The SMILES string of the molecule is Cc1ccc(N2CC[C@H](C(=O)N3CCOC[C@H]3C(=O)O)C2=O)cc1C. The van der Waals surface area contributed by atoms with Gasteiger partial charge in [-0.05, 0) is 43.5 Å². The summed E-state index contributed by atoms with van der Waals surface area (Å²) < 4.78 is 5.16. The van der Waals surface area contributed by atoms with Gasteiger partial charge in [-0.15, -0.1) is 0 Å². The van der Waals surface area contributed by atoms with Crippen molar-refractivity contribution < 1.29 is 24.2 Å². The van der Waals surface area contributed by atoms with Gasteiger partial charge in [0, 0.05) is 18.8 Å². The van der Waals surface area contributed by atoms with E-state index < -0.39 is 23.8 Å². The van der Waals surface area contributed by atoms with E-state index in [2.05, 4.69) is 0 Å². The van der Waals surface area contributed by atoms with E-state index >= 15 is 0 Å². The maximum Gasteiger partial charge on any atom is 0.328 e. The number of rotatable bonds is 3. The number of aryl methyl sites for hydroxylation is 2. The van der Waals surface area contributed by atoms with Crippen LogP contribution in [0.1, 0.15) is 17.5 Å². The topological polar surface area (TPSA) is 87.2 Å². The minimum atomic E-state index is -1.11. The Morgan fingerprint density at radius 2 is 1.96 bits per heavy atom. The molecule has 0 aromatic heterocycles. The molecule has 134 valence electrons. The summed E-state index contributed by atoms with van der Waals surface area (Å²) in [6.45, 7) is 4.89. The number of morpholine rings is 1. The molecule has 2 aliphatic heterocycles. The smallest absolute Gasteiger partial charge is 0.328 e. The summed E-state index contributed by atoms with van der Waals surface area (Å²) in [5, 5.41) is 9.28. The van der Waals surface area contributed by atoms with Crippen LogP contribution < -0.4 is 4.90 Å². The van der Waals surface area contributed by atoms with Crippen molar-refractivity contribution in [2.75, 3.05) is 31.2 Å². The van der Waals surface area contributed by atoms with Gasteiger partial charge in [0.05, 0.1) is 13.2 Å². The van der Waals surface area contributed by atoms with Gasteiger partial charge in [0.2, 0.25) is 11.8 Å². The highest BCUT2D eigenvalue weighted by Gasteiger charge is 2.43. The highest BCUT2D eigenvalue weighted by atomic mass is 16.5. The van der Waals surface area contributed by atoms with Crippen LogP contribution in [0.4, 0.5) is 5.69 Å². The number of amides is 2. The van der Waals surface area contributed by atoms with Gasteiger partial charge >= 0.3 is 5.97 Å². The Morgan fingerprint density at radius 1 is 1.20 bits per heavy atom. The first kappa shape index (κ1) is 17.4. The molecule has 2 atom stereocenters. The highest BCUT2D eigenvalue weighted by Crippen LogP contribution is 2.28. The normalized spacial score (nSPS) is 23.8. The maximum atomic E-state index is 12.8. The maximum absolute atomic E-state index is 12.8. The fraction of sp³-hybridized carbons (Fsp3) is 0.500. The van der Waals surface area contributed by atoms with Gasteiger partial charge in [-0.25, -0.2) is 4.79 Å². The molecule has 1 aromatic carbocycles. The molecule has 2 saturated heterocycles. The number of ether oxygens (including phenoxy) is 1. The average molecular weight is 346 g/mol. The number of carbonyl (C=O) groups is 3. The number of carboxylic acids is 1. The van der Waals surface area contributed by atoms with E-state index in [0.717, 1.165) is 16.8 Å². The second kappa shape index (κ2) is 6.84. The summed E-state index contributed by atoms with van der Waals surface area (Å²) in [7, 11) is 0. The van der Waals surface area contributed by atoms with Crippen LogP contribution in [0.15, 0.2) is 18.2 Å². The largest absolute Gasteiger partial charge is 0.480 e. The Kier molecular flexibility index (Phi) is 4.76. The van der Waals surface area contributed by atoms with E-state index in [9.17, 15) is 19.5 Å². The van der Waals surface area contributed by atoms with Gasteiger partial charge in [-0.2, -0.15) is 0 Å². The number of nitrogens with zero attached hydrogens (tertiary/aromatic N) is 2. The predicted molar refractivity (Wildman–Crippen MR) is 90.3 cm³/mol. The Labute approximate surface area is 146 Å². The van der Waals surface area contributed by atoms with Crippen molar-refractivity contribution >= 4 is 23.5 Å². The molecule has 0 radical (unpaired) electrons. The number of benzene rings is 1. The molecule has 0 saturated carbocycles. The zero-order valence-electron chi connectivity index (χ0n) is 14.4. The summed E-state index contributed by atoms with van der Waals surface area (Å²) >= 11 is 0. The molecule has 7 nitrogen and oxygen atoms in total. The van der Waals surface area contributed by atoms with Crippen molar-refractivity contribution in [3.05, 3.63) is 29.3 Å². The minimum Gasteiger partial charge on any atom is -0.480 e. The lowest BCUT2D eigenvalue weighted by Gasteiger charge is -2.34. The molecule has 0 spiro atoms. The van der Waals surface area contributed by atoms with Crippen LogP contribution in [0, 0.1) is 19.8 Å². The van der Waals surface area contributed by atoms with Gasteiger partial charge in [-0.3, -0.25) is 9.59 Å². The third-order valence-electron chi connectivity index (χ3n) is 5.00. The summed E-state index contributed by atoms with van der Waals surface area (Å²) in [4.78, 5) is 39.8. The minimum absolute atomic E-state index is 0.0388. The van der Waals surface area contributed by atoms with Gasteiger partial charge < -0.3 is 19.6 Å². The monoisotopic (exact) mass is 346 g/mol. The molecule has 1 aromatic rings. The van der Waals surface area contributed by atoms with Crippen molar-refractivity contribution in [1.82, 2.24) is 4.90 Å². The summed E-state index contributed by atoms with van der Waals surface area (Å²) in [6.07, 6.45) is 0.397. The second-order valence-electron chi connectivity index (χ2n) is 6.56. The lowest BCUT2D eigenvalue weighted by atomic mass is 10.0. The second-order valence-corrected chi connectivity index (χ2v) is 6.56. The van der Waals surface area contributed by atoms with Crippen LogP contribution >= 0.6 is 0 Å². The highest BCUT2D eigenvalue weighted by molar-refractivity contribution is 6.10. The van der Waals surface area contributed by atoms with Crippen LogP contribution in [0.2, 0.25) is 0 Å². The number of hydrogen-bond acceptors (Lipinski definition) is 4. The number of aliphatic carboxylic acids is 1. The Morgan fingerprint density at radius 3 is 2.64 bits per heavy atom. The fourth-order valence-corrected chi connectivity index (χ4v) is 3.33.